The van der Waals surface area contributed by atoms with Crippen LogP contribution in [-0.2, 0) is 25.7 Å². The highest BCUT2D eigenvalue weighted by Crippen LogP contribution is 2.26. The van der Waals surface area contributed by atoms with E-state index >= 15 is 0 Å². The normalized spacial score (nSPS) is 12.6. The van der Waals surface area contributed by atoms with Crippen molar-refractivity contribution in [2.75, 3.05) is 16.4 Å². The van der Waals surface area contributed by atoms with E-state index in [0.717, 1.165) is 30.5 Å². The fourth-order valence-corrected chi connectivity index (χ4v) is 3.91. The summed E-state index contributed by atoms with van der Waals surface area (Å²) in [5, 5.41) is 22.7. The molecule has 3 rings (SSSR count). The number of aliphatic carboxylic acids is 2. The smallest absolute Gasteiger partial charge is 0.471 e. The molecule has 0 aliphatic rings. The van der Waals surface area contributed by atoms with Gasteiger partial charge in [-0.05, 0) is 30.7 Å². The summed E-state index contributed by atoms with van der Waals surface area (Å²) in [5.41, 5.74) is 3.35. The van der Waals surface area contributed by atoms with Gasteiger partial charge in [0, 0.05) is 23.4 Å². The number of anilines is 2. The summed E-state index contributed by atoms with van der Waals surface area (Å²) >= 11 is 3.80. The lowest BCUT2D eigenvalue weighted by atomic mass is 10.1. The van der Waals surface area contributed by atoms with Crippen LogP contribution in [0.15, 0.2) is 35.3 Å². The average molecular weight is 641 g/mol. The molecule has 2 heterocycles. The van der Waals surface area contributed by atoms with Gasteiger partial charge in [0.1, 0.15) is 12.1 Å². The van der Waals surface area contributed by atoms with Crippen molar-refractivity contribution in [3.05, 3.63) is 52.1 Å². The molecule has 2 atom stereocenters. The standard InChI is InChI=1S/C24H23F3N8O8S/c25-24(26,27)22(43)35(8-11-7-29-17-16(30-11)19(38)34-23(28)33-17)12-3-1-10(2-4-12)18(37)32-13(20(39)40)5-6-15(36)31-14(9-44)21(41)42/h1-4,7,13-14,44H,5-6,8-9H2,(H,31,36)(H,32,37)(H,39,40)(H,41,42)(H3,28,29,33,34,38)/t13-,14-/m0/s1. The molecular weight excluding hydrogens is 617 g/mol. The van der Waals surface area contributed by atoms with Crippen LogP contribution in [0.25, 0.3) is 11.2 Å². The van der Waals surface area contributed by atoms with Gasteiger partial charge < -0.3 is 26.6 Å². The minimum atomic E-state index is -5.33. The Balaban J connectivity index is 1.78. The monoisotopic (exact) mass is 640 g/mol. The number of hydrogen-bond donors (Lipinski definition) is 7. The Bertz CT molecular complexity index is 1650. The zero-order valence-electron chi connectivity index (χ0n) is 22.2. The van der Waals surface area contributed by atoms with Crippen molar-refractivity contribution in [3.8, 4) is 0 Å². The predicted octanol–water partition coefficient (Wildman–Crippen LogP) is -0.147. The number of aromatic amines is 1. The third kappa shape index (κ3) is 8.40. The van der Waals surface area contributed by atoms with E-state index in [1.54, 1.807) is 0 Å². The second-order valence-electron chi connectivity index (χ2n) is 8.96. The summed E-state index contributed by atoms with van der Waals surface area (Å²) in [4.78, 5) is 85.7. The third-order valence-electron chi connectivity index (χ3n) is 5.81. The van der Waals surface area contributed by atoms with Crippen LogP contribution >= 0.6 is 12.6 Å². The van der Waals surface area contributed by atoms with Gasteiger partial charge in [-0.1, -0.05) is 0 Å². The molecule has 0 spiro atoms. The second-order valence-corrected chi connectivity index (χ2v) is 9.33. The molecule has 0 bridgehead atoms. The van der Waals surface area contributed by atoms with E-state index in [1.165, 1.54) is 0 Å². The van der Waals surface area contributed by atoms with Gasteiger partial charge in [0.05, 0.1) is 18.4 Å². The van der Waals surface area contributed by atoms with Crippen LogP contribution in [0.1, 0.15) is 28.9 Å². The molecule has 0 aliphatic carbocycles. The van der Waals surface area contributed by atoms with Crippen LogP contribution < -0.4 is 26.8 Å². The SMILES string of the molecule is Nc1nc2ncc(CN(C(=O)C(F)(F)F)c3ccc(C(=O)N[C@@H](CCC(=O)N[C@@H](CS)C(=O)O)C(=O)O)cc3)nc2c(=O)[nH]1. The number of carboxylic acid groups (broad SMARTS) is 2. The molecule has 0 saturated carbocycles. The molecule has 1 aromatic carbocycles. The van der Waals surface area contributed by atoms with Crippen molar-refractivity contribution < 1.29 is 47.4 Å². The van der Waals surface area contributed by atoms with Crippen molar-refractivity contribution >= 4 is 65.1 Å². The van der Waals surface area contributed by atoms with Crippen LogP contribution in [0.4, 0.5) is 24.8 Å². The van der Waals surface area contributed by atoms with Crippen LogP contribution in [-0.4, -0.2) is 83.8 Å². The van der Waals surface area contributed by atoms with E-state index in [2.05, 4.69) is 43.2 Å². The maximum Gasteiger partial charge on any atom is 0.471 e. The van der Waals surface area contributed by atoms with Gasteiger partial charge in [-0.15, -0.1) is 0 Å². The number of thiol groups is 1. The first-order valence-corrected chi connectivity index (χ1v) is 12.9. The first-order valence-electron chi connectivity index (χ1n) is 12.3. The van der Waals surface area contributed by atoms with Gasteiger partial charge in [-0.25, -0.2) is 19.6 Å². The van der Waals surface area contributed by atoms with E-state index in [4.69, 9.17) is 10.8 Å². The van der Waals surface area contributed by atoms with E-state index in [-0.39, 0.29) is 44.7 Å². The van der Waals surface area contributed by atoms with Crippen molar-refractivity contribution in [3.63, 3.8) is 0 Å². The van der Waals surface area contributed by atoms with Crippen molar-refractivity contribution in [1.29, 1.82) is 0 Å². The van der Waals surface area contributed by atoms with Crippen LogP contribution in [0, 0.1) is 0 Å². The van der Waals surface area contributed by atoms with Gasteiger partial charge in [0.2, 0.25) is 11.9 Å². The molecule has 0 unspecified atom stereocenters. The van der Waals surface area contributed by atoms with Gasteiger partial charge >= 0.3 is 24.0 Å². The number of halogens is 3. The lowest BCUT2D eigenvalue weighted by Gasteiger charge is -2.24. The zero-order chi connectivity index (χ0) is 32.8. The third-order valence-corrected chi connectivity index (χ3v) is 6.18. The molecule has 0 fully saturated rings. The summed E-state index contributed by atoms with van der Waals surface area (Å²) in [5.74, 6) is -7.41. The summed E-state index contributed by atoms with van der Waals surface area (Å²) < 4.78 is 40.3. The maximum atomic E-state index is 13.4. The van der Waals surface area contributed by atoms with Crippen molar-refractivity contribution in [2.24, 2.45) is 0 Å². The Kier molecular flexibility index (Phi) is 10.4. The lowest BCUT2D eigenvalue weighted by Crippen LogP contribution is -2.44. The topological polar surface area (TPSA) is 251 Å². The van der Waals surface area contributed by atoms with Crippen LogP contribution in [0.5, 0.6) is 0 Å². The molecular formula is C24H23F3N8O8S. The van der Waals surface area contributed by atoms with Crippen molar-refractivity contribution in [2.45, 2.75) is 37.6 Å². The average Bonchev–Trinajstić information content (AvgIpc) is 2.95. The van der Waals surface area contributed by atoms with Gasteiger partial charge in [-0.2, -0.15) is 30.8 Å². The molecule has 0 saturated heterocycles. The Labute approximate surface area is 249 Å². The van der Waals surface area contributed by atoms with Gasteiger partial charge in [0.25, 0.3) is 11.5 Å². The number of aromatic nitrogens is 4. The summed E-state index contributed by atoms with van der Waals surface area (Å²) in [6, 6.07) is 1.15. The number of alkyl halides is 3. The lowest BCUT2D eigenvalue weighted by molar-refractivity contribution is -0.170. The number of rotatable bonds is 12. The quantitative estimate of drug-likeness (QED) is 0.128. The molecule has 234 valence electrons. The first kappa shape index (κ1) is 33.2. The highest BCUT2D eigenvalue weighted by atomic mass is 32.1. The molecule has 0 aliphatic heterocycles. The number of fused-ring (bicyclic) bond motifs is 1. The molecule has 3 aromatic rings. The number of H-pyrrole nitrogens is 1. The minimum Gasteiger partial charge on any atom is -0.480 e. The molecule has 2 aromatic heterocycles. The number of nitrogens with one attached hydrogen (secondary N) is 3. The fourth-order valence-electron chi connectivity index (χ4n) is 3.66. The van der Waals surface area contributed by atoms with E-state index < -0.39 is 72.9 Å². The number of carbonyl (C=O) groups excluding carboxylic acids is 3. The summed E-state index contributed by atoms with van der Waals surface area (Å²) in [6.45, 7) is -0.796. The number of nitrogen functional groups attached to an aromatic ring is 1. The second kappa shape index (κ2) is 13.8. The number of nitrogens with zero attached hydrogens (tertiary/aromatic N) is 4. The Morgan fingerprint density at radius 1 is 1.02 bits per heavy atom. The maximum absolute atomic E-state index is 13.4. The number of hydrogen-bond acceptors (Lipinski definition) is 11. The molecule has 20 heteroatoms. The number of amides is 3. The van der Waals surface area contributed by atoms with E-state index in [9.17, 15) is 47.0 Å². The predicted molar refractivity (Wildman–Crippen MR) is 148 cm³/mol. The zero-order valence-corrected chi connectivity index (χ0v) is 23.1. The van der Waals surface area contributed by atoms with Crippen LogP contribution in [0.2, 0.25) is 0 Å². The van der Waals surface area contributed by atoms with Crippen molar-refractivity contribution in [1.82, 2.24) is 30.6 Å². The van der Waals surface area contributed by atoms with Crippen LogP contribution in [0.3, 0.4) is 0 Å². The van der Waals surface area contributed by atoms with E-state index in [1.807, 2.05) is 0 Å². The molecule has 0 radical (unpaired) electrons. The number of benzene rings is 1. The highest BCUT2D eigenvalue weighted by molar-refractivity contribution is 7.80. The summed E-state index contributed by atoms with van der Waals surface area (Å²) in [7, 11) is 0. The number of carboxylic acids is 2. The molecule has 7 N–H and O–H groups in total. The first-order chi connectivity index (χ1) is 20.6. The Morgan fingerprint density at radius 3 is 2.23 bits per heavy atom. The minimum absolute atomic E-state index is 0.179. The van der Waals surface area contributed by atoms with Gasteiger partial charge in [-0.3, -0.25) is 29.1 Å². The Morgan fingerprint density at radius 2 is 1.66 bits per heavy atom. The fraction of sp³-hybridized carbons (Fsp3) is 0.292. The summed E-state index contributed by atoms with van der Waals surface area (Å²) in [6.07, 6.45) is -5.21. The largest absolute Gasteiger partial charge is 0.480 e. The Hall–Kier alpha value is -5.27. The molecule has 44 heavy (non-hydrogen) atoms. The number of nitrogens with two attached hydrogens (primary N) is 1. The molecule has 16 nitrogen and oxygen atoms in total. The van der Waals surface area contributed by atoms with E-state index in [0.29, 0.717) is 0 Å². The van der Waals surface area contributed by atoms with Gasteiger partial charge in [0.15, 0.2) is 11.2 Å². The molecule has 3 amide bonds. The highest BCUT2D eigenvalue weighted by Gasteiger charge is 2.43. The number of carbonyl (C=O) groups is 5.